The average Bonchev–Trinajstić information content (AvgIpc) is 1.68. The molecule has 8 heteroatoms. The zero-order valence-electron chi connectivity index (χ0n) is 4.90. The van der Waals surface area contributed by atoms with Gasteiger partial charge in [0.2, 0.25) is 0 Å². The Labute approximate surface area is 89.1 Å². The molecule has 0 rings (SSSR count). The quantitative estimate of drug-likeness (QED) is 0.474. The van der Waals surface area contributed by atoms with Gasteiger partial charge < -0.3 is 15.6 Å². The largest absolute Gasteiger partial charge is 0.577 e. The Hall–Kier alpha value is 2.14. The molecule has 0 amide bonds. The van der Waals surface area contributed by atoms with Gasteiger partial charge in [0.15, 0.2) is 0 Å². The molecule has 0 aliphatic heterocycles. The first kappa shape index (κ1) is 18.0. The fourth-order valence-electron chi connectivity index (χ4n) is 0. The summed E-state index contributed by atoms with van der Waals surface area (Å²) in [4.78, 5) is 7.25. The van der Waals surface area contributed by atoms with E-state index >= 15 is 0 Å². The van der Waals surface area contributed by atoms with Crippen LogP contribution in [0.15, 0.2) is 0 Å². The minimum atomic E-state index is -1.86. The fourth-order valence-corrected chi connectivity index (χ4v) is 0. The van der Waals surface area contributed by atoms with Crippen LogP contribution in [0.1, 0.15) is 6.92 Å². The summed E-state index contributed by atoms with van der Waals surface area (Å²) in [5.74, 6) is 0. The van der Waals surface area contributed by atoms with Crippen molar-refractivity contribution < 1.29 is 12.6 Å². The van der Waals surface area contributed by atoms with Gasteiger partial charge in [-0.25, -0.2) is 0 Å². The molecule has 0 heterocycles. The predicted octanol–water partition coefficient (Wildman–Crippen LogP) is 3.70. The molecule has 0 spiro atoms. The van der Waals surface area contributed by atoms with E-state index in [1.165, 1.54) is 0 Å². The standard InChI is InChI=1S/C2H6O.4BrH.NO.Re/c1-2-3;;;;;1-2;/h3H,2H2,1H3;4*1H;;/q;;;;;-1;+4/p-4. The molecule has 0 aromatic heterocycles. The first-order valence-electron chi connectivity index (χ1n) is 1.78. The van der Waals surface area contributed by atoms with E-state index in [1.54, 1.807) is 6.92 Å². The van der Waals surface area contributed by atoms with E-state index in [0.29, 0.717) is 0 Å². The van der Waals surface area contributed by atoms with Crippen LogP contribution in [0.5, 0.6) is 0 Å². The van der Waals surface area contributed by atoms with Crippen molar-refractivity contribution >= 4 is 53.7 Å². The Balaban J connectivity index is -0.0000000847. The average molecular weight is 582 g/mol. The Morgan fingerprint density at radius 1 is 1.30 bits per heavy atom. The Morgan fingerprint density at radius 2 is 1.30 bits per heavy atom. The van der Waals surface area contributed by atoms with E-state index in [9.17, 15) is 0 Å². The Bertz CT molecular complexity index is 53.7. The van der Waals surface area contributed by atoms with E-state index in [-0.39, 0.29) is 6.61 Å². The van der Waals surface area contributed by atoms with Gasteiger partial charge in [0.25, 0.3) is 0 Å². The number of rotatable bonds is 0. The summed E-state index contributed by atoms with van der Waals surface area (Å²) in [6, 6.07) is 0. The SMILES string of the molecule is CCO.[Br][Re]([Br])([Br])[Br].[N-]=O. The van der Waals surface area contributed by atoms with E-state index in [1.807, 2.05) is 0 Å². The van der Waals surface area contributed by atoms with Crippen molar-refractivity contribution in [1.82, 2.24) is 0 Å². The normalized spacial score (nSPS) is 9.80. The van der Waals surface area contributed by atoms with Gasteiger partial charge in [-0.3, -0.25) is 0 Å². The molecular formula is C2H6Br4NO2Re-. The smallest absolute Gasteiger partial charge is 0.423 e. The summed E-state index contributed by atoms with van der Waals surface area (Å²) in [5, 5.41) is 7.57. The van der Waals surface area contributed by atoms with Crippen molar-refractivity contribution in [2.75, 3.05) is 6.61 Å². The zero-order valence-corrected chi connectivity index (χ0v) is 14.0. The van der Waals surface area contributed by atoms with Crippen LogP contribution in [-0.4, -0.2) is 11.7 Å². The van der Waals surface area contributed by atoms with Crippen LogP contribution in [0.4, 0.5) is 0 Å². The number of hydrogen-bond donors (Lipinski definition) is 1. The minimum Gasteiger partial charge on any atom is -0.577 e. The Morgan fingerprint density at radius 3 is 1.30 bits per heavy atom. The molecule has 0 aromatic rings. The number of halogens is 4. The van der Waals surface area contributed by atoms with Crippen LogP contribution < -0.4 is 0 Å². The third kappa shape index (κ3) is 185. The number of hydrogen-bond acceptors (Lipinski definition) is 2. The third-order valence-corrected chi connectivity index (χ3v) is 0. The number of aliphatic hydroxyl groups is 1. The van der Waals surface area contributed by atoms with Crippen LogP contribution in [0.3, 0.4) is 0 Å². The van der Waals surface area contributed by atoms with Crippen LogP contribution in [0.2, 0.25) is 0 Å². The van der Waals surface area contributed by atoms with Crippen molar-refractivity contribution in [2.24, 2.45) is 0 Å². The van der Waals surface area contributed by atoms with Gasteiger partial charge >= 0.3 is 61.2 Å². The molecule has 3 nitrogen and oxygen atoms in total. The maximum Gasteiger partial charge on any atom is -0.423 e. The summed E-state index contributed by atoms with van der Waals surface area (Å²) in [6.07, 6.45) is 0. The van der Waals surface area contributed by atoms with Crippen molar-refractivity contribution in [3.8, 4) is 0 Å². The van der Waals surface area contributed by atoms with Gasteiger partial charge in [-0.2, -0.15) is 0 Å². The van der Waals surface area contributed by atoms with Gasteiger partial charge in [0.05, 0.1) is 0 Å². The molecule has 0 unspecified atom stereocenters. The maximum absolute atomic E-state index is 7.57. The van der Waals surface area contributed by atoms with E-state index in [2.05, 4.69) is 53.7 Å². The van der Waals surface area contributed by atoms with Crippen LogP contribution >= 0.6 is 53.7 Å². The first-order valence-corrected chi connectivity index (χ1v) is 25.5. The van der Waals surface area contributed by atoms with Gasteiger partial charge in [-0.05, 0) is 6.92 Å². The molecule has 0 radical (unpaired) electrons. The molecule has 0 aliphatic carbocycles. The summed E-state index contributed by atoms with van der Waals surface area (Å²) in [5.41, 5.74) is 5.75. The second-order valence-electron chi connectivity index (χ2n) is 0.640. The number of aliphatic hydroxyl groups excluding tert-OH is 1. The van der Waals surface area contributed by atoms with E-state index in [0.717, 1.165) is 0 Å². The van der Waals surface area contributed by atoms with Crippen molar-refractivity contribution in [2.45, 2.75) is 6.92 Å². The third-order valence-electron chi connectivity index (χ3n) is 0. The fraction of sp³-hybridized carbons (Fsp3) is 1.00. The molecule has 0 aliphatic rings. The summed E-state index contributed by atoms with van der Waals surface area (Å²) < 4.78 is 0. The topological polar surface area (TPSA) is 59.6 Å². The summed E-state index contributed by atoms with van der Waals surface area (Å²) in [7, 11) is -1.86. The van der Waals surface area contributed by atoms with Crippen molar-refractivity contribution in [3.63, 3.8) is 0 Å². The van der Waals surface area contributed by atoms with Gasteiger partial charge in [-0.1, -0.05) is 0 Å². The van der Waals surface area contributed by atoms with Crippen molar-refractivity contribution in [1.29, 1.82) is 0 Å². The van der Waals surface area contributed by atoms with E-state index in [4.69, 9.17) is 15.6 Å². The summed E-state index contributed by atoms with van der Waals surface area (Å²) >= 11 is 13.3. The Kier molecular flexibility index (Phi) is 24.7. The van der Waals surface area contributed by atoms with Gasteiger partial charge in [0.1, 0.15) is 0 Å². The molecule has 67 valence electrons. The minimum absolute atomic E-state index is 0.250. The molecule has 0 saturated heterocycles. The molecule has 0 saturated carbocycles. The molecule has 1 N–H and O–H groups in total. The maximum atomic E-state index is 7.57. The van der Waals surface area contributed by atoms with Gasteiger partial charge in [0, 0.05) is 6.61 Å². The predicted molar refractivity (Wildman–Crippen MR) is 55.2 cm³/mol. The molecular weight excluding hydrogens is 576 g/mol. The van der Waals surface area contributed by atoms with Crippen molar-refractivity contribution in [3.05, 3.63) is 10.5 Å². The van der Waals surface area contributed by atoms with Crippen LogP contribution in [-0.2, 0) is 7.47 Å². The second-order valence-corrected chi connectivity index (χ2v) is 71.9. The molecule has 10 heavy (non-hydrogen) atoms. The monoisotopic (exact) mass is 579 g/mol. The van der Waals surface area contributed by atoms with Crippen LogP contribution in [0.25, 0.3) is 5.59 Å². The zero-order chi connectivity index (χ0) is 9.21. The number of nitroso groups, excluding NO2 is 1. The molecule has 0 bridgehead atoms. The van der Waals surface area contributed by atoms with Crippen LogP contribution in [0, 0.1) is 4.91 Å². The summed E-state index contributed by atoms with van der Waals surface area (Å²) in [6.45, 7) is 1.93. The molecule has 0 atom stereocenters. The van der Waals surface area contributed by atoms with E-state index < -0.39 is 7.47 Å². The molecule has 0 fully saturated rings. The second kappa shape index (κ2) is 13.7. The number of nitrogens with zero attached hydrogens (tertiary/aromatic N) is 1. The molecule has 0 aromatic carbocycles. The van der Waals surface area contributed by atoms with Gasteiger partial charge in [-0.15, -0.1) is 0 Å². The first-order chi connectivity index (χ1) is 4.41.